The molecule has 108 valence electrons. The number of nitrogens with two attached hydrogens (primary N) is 1. The number of rotatable bonds is 5. The summed E-state index contributed by atoms with van der Waals surface area (Å²) in [6, 6.07) is 10.5. The summed E-state index contributed by atoms with van der Waals surface area (Å²) < 4.78 is 0. The molecule has 1 aromatic carbocycles. The molecule has 0 fully saturated rings. The van der Waals surface area contributed by atoms with Crippen molar-refractivity contribution in [3.63, 3.8) is 0 Å². The third-order valence-electron chi connectivity index (χ3n) is 3.54. The molecule has 2 N–H and O–H groups in total. The summed E-state index contributed by atoms with van der Waals surface area (Å²) in [5.41, 5.74) is 8.20. The Labute approximate surface area is 130 Å². The molecule has 5 heteroatoms. The second-order valence-electron chi connectivity index (χ2n) is 5.18. The fourth-order valence-electron chi connectivity index (χ4n) is 2.55. The van der Waals surface area contributed by atoms with Crippen LogP contribution in [0, 0.1) is 0 Å². The van der Waals surface area contributed by atoms with Crippen molar-refractivity contribution in [2.75, 3.05) is 13.2 Å². The molecule has 0 aromatic heterocycles. The zero-order valence-corrected chi connectivity index (χ0v) is 12.6. The van der Waals surface area contributed by atoms with Gasteiger partial charge in [0, 0.05) is 6.20 Å². The molecule has 4 nitrogen and oxygen atoms in total. The minimum Gasteiger partial charge on any atom is -0.392 e. The zero-order chi connectivity index (χ0) is 14.7. The van der Waals surface area contributed by atoms with Crippen LogP contribution >= 0.6 is 12.2 Å². The maximum Gasteiger partial charge on any atom is 0.157 e. The van der Waals surface area contributed by atoms with Gasteiger partial charge in [-0.1, -0.05) is 48.6 Å². The van der Waals surface area contributed by atoms with E-state index in [1.165, 1.54) is 11.1 Å². The Morgan fingerprint density at radius 3 is 2.81 bits per heavy atom. The van der Waals surface area contributed by atoms with Gasteiger partial charge >= 0.3 is 0 Å². The zero-order valence-electron chi connectivity index (χ0n) is 11.8. The van der Waals surface area contributed by atoms with E-state index in [0.717, 1.165) is 18.7 Å². The maximum absolute atomic E-state index is 5.60. The summed E-state index contributed by atoms with van der Waals surface area (Å²) >= 11 is 4.96. The molecule has 0 spiro atoms. The molecule has 21 heavy (non-hydrogen) atoms. The van der Waals surface area contributed by atoms with Gasteiger partial charge in [-0.25, -0.2) is 0 Å². The fraction of sp³-hybridized carbons (Fsp3) is 0.250. The average molecular weight is 298 g/mol. The van der Waals surface area contributed by atoms with Crippen molar-refractivity contribution in [1.82, 2.24) is 9.91 Å². The molecule has 0 saturated carbocycles. The number of aryl methyl sites for hydroxylation is 1. The molecule has 2 heterocycles. The van der Waals surface area contributed by atoms with E-state index in [1.54, 1.807) is 0 Å². The highest BCUT2D eigenvalue weighted by atomic mass is 32.1. The van der Waals surface area contributed by atoms with Gasteiger partial charge in [-0.15, -0.1) is 0 Å². The number of hydrazone groups is 1. The normalized spacial score (nSPS) is 16.6. The third-order valence-corrected chi connectivity index (χ3v) is 3.67. The minimum atomic E-state index is 0.470. The Bertz CT molecular complexity index is 618. The first-order valence-corrected chi connectivity index (χ1v) is 7.43. The van der Waals surface area contributed by atoms with Gasteiger partial charge in [0.05, 0.1) is 11.5 Å². The summed E-state index contributed by atoms with van der Waals surface area (Å²) in [7, 11) is 0. The summed E-state index contributed by atoms with van der Waals surface area (Å²) in [5, 5.41) is 6.54. The third kappa shape index (κ3) is 3.31. The molecular formula is C16H18N4S. The molecular weight excluding hydrogens is 280 g/mol. The Morgan fingerprint density at radius 2 is 2.05 bits per heavy atom. The summed E-state index contributed by atoms with van der Waals surface area (Å²) in [6.07, 6.45) is 8.25. The van der Waals surface area contributed by atoms with E-state index in [2.05, 4.69) is 46.4 Å². The number of hydrogen-bond donors (Lipinski definition) is 1. The Kier molecular flexibility index (Phi) is 4.01. The Balaban J connectivity index is 1.69. The van der Waals surface area contributed by atoms with Gasteiger partial charge in [-0.3, -0.25) is 5.01 Å². The van der Waals surface area contributed by atoms with Crippen molar-refractivity contribution in [2.45, 2.75) is 12.8 Å². The van der Waals surface area contributed by atoms with Crippen LogP contribution in [-0.4, -0.2) is 33.9 Å². The van der Waals surface area contributed by atoms with Gasteiger partial charge in [-0.05, 0) is 30.1 Å². The van der Waals surface area contributed by atoms with Gasteiger partial charge < -0.3 is 10.6 Å². The van der Waals surface area contributed by atoms with Gasteiger partial charge in [0.1, 0.15) is 6.67 Å². The van der Waals surface area contributed by atoms with E-state index in [1.807, 2.05) is 17.3 Å². The number of nitrogens with zero attached hydrogens (tertiary/aromatic N) is 3. The number of fused-ring (bicyclic) bond motifs is 1. The summed E-state index contributed by atoms with van der Waals surface area (Å²) in [5.74, 6) is 1.02. The molecule has 0 atom stereocenters. The largest absolute Gasteiger partial charge is 0.392 e. The van der Waals surface area contributed by atoms with Crippen LogP contribution in [0.3, 0.4) is 0 Å². The van der Waals surface area contributed by atoms with E-state index in [0.29, 0.717) is 18.2 Å². The van der Waals surface area contributed by atoms with E-state index in [-0.39, 0.29) is 0 Å². The standard InChI is InChI=1S/C16H18N4S/c17-15(21)11-20-12-19-10-4-7-14(16(19)18-20)9-8-13-5-2-1-3-6-13/h1-7,10H,8-9,11-12H2,(H2,17,21). The van der Waals surface area contributed by atoms with Gasteiger partial charge in [0.25, 0.3) is 0 Å². The molecule has 2 aliphatic rings. The SMILES string of the molecule is NC(=S)CN1CN2C=CC=C(CCc3ccccc3)C2=N1. The van der Waals surface area contributed by atoms with Crippen molar-refractivity contribution in [2.24, 2.45) is 10.8 Å². The Hall–Kier alpha value is -2.14. The first kappa shape index (κ1) is 13.8. The van der Waals surface area contributed by atoms with Crippen molar-refractivity contribution >= 4 is 23.0 Å². The first-order valence-electron chi connectivity index (χ1n) is 7.02. The van der Waals surface area contributed by atoms with E-state index in [4.69, 9.17) is 18.0 Å². The predicted octanol–water partition coefficient (Wildman–Crippen LogP) is 2.25. The Morgan fingerprint density at radius 1 is 1.24 bits per heavy atom. The van der Waals surface area contributed by atoms with Crippen molar-refractivity contribution < 1.29 is 0 Å². The van der Waals surface area contributed by atoms with E-state index >= 15 is 0 Å². The molecule has 0 bridgehead atoms. The lowest BCUT2D eigenvalue weighted by Crippen LogP contribution is -2.32. The summed E-state index contributed by atoms with van der Waals surface area (Å²) in [4.78, 5) is 2.61. The molecule has 0 unspecified atom stereocenters. The van der Waals surface area contributed by atoms with Crippen molar-refractivity contribution in [3.8, 4) is 0 Å². The van der Waals surface area contributed by atoms with Crippen LogP contribution in [0.1, 0.15) is 12.0 Å². The monoisotopic (exact) mass is 298 g/mol. The second kappa shape index (κ2) is 6.10. The predicted molar refractivity (Wildman–Crippen MR) is 89.6 cm³/mol. The summed E-state index contributed by atoms with van der Waals surface area (Å²) in [6.45, 7) is 1.24. The molecule has 1 aromatic rings. The number of amidine groups is 1. The number of allylic oxidation sites excluding steroid dienone is 2. The van der Waals surface area contributed by atoms with Gasteiger partial charge in [0.2, 0.25) is 0 Å². The second-order valence-corrected chi connectivity index (χ2v) is 5.71. The first-order chi connectivity index (χ1) is 10.2. The fourth-order valence-corrected chi connectivity index (χ4v) is 2.70. The quantitative estimate of drug-likeness (QED) is 0.847. The molecule has 0 radical (unpaired) electrons. The highest BCUT2D eigenvalue weighted by Crippen LogP contribution is 2.22. The van der Waals surface area contributed by atoms with Gasteiger partial charge in [-0.2, -0.15) is 5.10 Å². The van der Waals surface area contributed by atoms with Crippen LogP contribution in [0.15, 0.2) is 59.4 Å². The topological polar surface area (TPSA) is 44.9 Å². The van der Waals surface area contributed by atoms with Crippen LogP contribution in [0.2, 0.25) is 0 Å². The van der Waals surface area contributed by atoms with E-state index in [9.17, 15) is 0 Å². The molecule has 2 aliphatic heterocycles. The van der Waals surface area contributed by atoms with Crippen molar-refractivity contribution in [1.29, 1.82) is 0 Å². The lowest BCUT2D eigenvalue weighted by atomic mass is 10.0. The van der Waals surface area contributed by atoms with E-state index < -0.39 is 0 Å². The smallest absolute Gasteiger partial charge is 0.157 e. The van der Waals surface area contributed by atoms with Crippen LogP contribution in [-0.2, 0) is 6.42 Å². The minimum absolute atomic E-state index is 0.470. The van der Waals surface area contributed by atoms with Crippen molar-refractivity contribution in [3.05, 3.63) is 59.8 Å². The highest BCUT2D eigenvalue weighted by Gasteiger charge is 2.25. The van der Waals surface area contributed by atoms with Gasteiger partial charge in [0.15, 0.2) is 5.84 Å². The molecule has 0 amide bonds. The number of benzene rings is 1. The molecule has 3 rings (SSSR count). The molecule has 0 aliphatic carbocycles. The van der Waals surface area contributed by atoms with Crippen LogP contribution in [0.25, 0.3) is 0 Å². The lowest BCUT2D eigenvalue weighted by Gasteiger charge is -2.20. The number of thiocarbonyl (C=S) groups is 1. The van der Waals surface area contributed by atoms with Crippen LogP contribution in [0.5, 0.6) is 0 Å². The lowest BCUT2D eigenvalue weighted by molar-refractivity contribution is 0.297. The number of hydrogen-bond acceptors (Lipinski definition) is 4. The maximum atomic E-state index is 5.60. The van der Waals surface area contributed by atoms with Crippen LogP contribution in [0.4, 0.5) is 0 Å². The van der Waals surface area contributed by atoms with Crippen LogP contribution < -0.4 is 5.73 Å². The molecule has 0 saturated heterocycles. The average Bonchev–Trinajstić information content (AvgIpc) is 2.88. The highest BCUT2D eigenvalue weighted by molar-refractivity contribution is 7.80.